The van der Waals surface area contributed by atoms with Gasteiger partial charge in [0.2, 0.25) is 0 Å². The van der Waals surface area contributed by atoms with Crippen molar-refractivity contribution in [2.75, 3.05) is 14.2 Å². The van der Waals surface area contributed by atoms with Gasteiger partial charge in [-0.15, -0.1) is 0 Å². The topological polar surface area (TPSA) is 71.1 Å². The van der Waals surface area contributed by atoms with Crippen LogP contribution in [-0.4, -0.2) is 43.7 Å². The van der Waals surface area contributed by atoms with Crippen molar-refractivity contribution in [1.29, 1.82) is 0 Å². The maximum Gasteiger partial charge on any atom is 0.320 e. The van der Waals surface area contributed by atoms with Gasteiger partial charge in [0.25, 0.3) is 0 Å². The minimum Gasteiger partial charge on any atom is -0.468 e. The Labute approximate surface area is 158 Å². The van der Waals surface area contributed by atoms with Crippen LogP contribution in [0.25, 0.3) is 0 Å². The number of benzene rings is 1. The molecular formula is C19H25ClO6. The predicted molar refractivity (Wildman–Crippen MR) is 95.8 cm³/mol. The zero-order valence-corrected chi connectivity index (χ0v) is 16.6. The fraction of sp³-hybridized carbons (Fsp3) is 0.579. The van der Waals surface area contributed by atoms with Crippen LogP contribution in [0.1, 0.15) is 39.2 Å². The summed E-state index contributed by atoms with van der Waals surface area (Å²) in [6.45, 7) is 7.60. The summed E-state index contributed by atoms with van der Waals surface area (Å²) in [6, 6.07) is 6.83. The van der Waals surface area contributed by atoms with Crippen molar-refractivity contribution >= 4 is 23.5 Å². The first-order chi connectivity index (χ1) is 12.0. The van der Waals surface area contributed by atoms with E-state index >= 15 is 0 Å². The van der Waals surface area contributed by atoms with Crippen molar-refractivity contribution in [3.63, 3.8) is 0 Å². The monoisotopic (exact) mass is 384 g/mol. The van der Waals surface area contributed by atoms with E-state index in [2.05, 4.69) is 0 Å². The van der Waals surface area contributed by atoms with Crippen molar-refractivity contribution < 1.29 is 28.5 Å². The second-order valence-corrected chi connectivity index (χ2v) is 7.66. The fourth-order valence-corrected chi connectivity index (χ4v) is 3.00. The van der Waals surface area contributed by atoms with Gasteiger partial charge in [-0.3, -0.25) is 9.59 Å². The van der Waals surface area contributed by atoms with Crippen LogP contribution in [0.15, 0.2) is 24.3 Å². The number of ether oxygens (including phenoxy) is 4. The van der Waals surface area contributed by atoms with Gasteiger partial charge in [0, 0.05) is 5.02 Å². The number of carbonyl (C=O) groups is 2. The van der Waals surface area contributed by atoms with Gasteiger partial charge in [-0.25, -0.2) is 0 Å². The highest BCUT2D eigenvalue weighted by atomic mass is 35.5. The largest absolute Gasteiger partial charge is 0.468 e. The molecule has 0 amide bonds. The molecule has 0 radical (unpaired) electrons. The highest BCUT2D eigenvalue weighted by Gasteiger charge is 2.55. The lowest BCUT2D eigenvalue weighted by atomic mass is 9.85. The number of hydrogen-bond donors (Lipinski definition) is 0. The summed E-state index contributed by atoms with van der Waals surface area (Å²) in [7, 11) is 2.45. The minimum absolute atomic E-state index is 0.536. The van der Waals surface area contributed by atoms with E-state index in [1.165, 1.54) is 14.2 Å². The summed E-state index contributed by atoms with van der Waals surface area (Å²) in [5.41, 5.74) is -0.591. The Morgan fingerprint density at radius 2 is 1.38 bits per heavy atom. The lowest BCUT2D eigenvalue weighted by molar-refractivity contribution is -0.170. The van der Waals surface area contributed by atoms with Crippen molar-refractivity contribution in [3.8, 4) is 0 Å². The van der Waals surface area contributed by atoms with Crippen LogP contribution < -0.4 is 0 Å². The van der Waals surface area contributed by atoms with Crippen LogP contribution in [0.4, 0.5) is 0 Å². The second kappa shape index (κ2) is 7.55. The summed E-state index contributed by atoms with van der Waals surface area (Å²) >= 11 is 5.98. The Hall–Kier alpha value is -1.63. The van der Waals surface area contributed by atoms with E-state index in [1.807, 2.05) is 27.7 Å². The van der Waals surface area contributed by atoms with Gasteiger partial charge in [0.15, 0.2) is 12.2 Å². The molecule has 1 atom stereocenters. The van der Waals surface area contributed by atoms with Gasteiger partial charge in [-0.05, 0) is 45.4 Å². The molecule has 1 heterocycles. The normalized spacial score (nSPS) is 20.0. The summed E-state index contributed by atoms with van der Waals surface area (Å²) in [5, 5.41) is 0.536. The van der Waals surface area contributed by atoms with E-state index in [-0.39, 0.29) is 0 Å². The van der Waals surface area contributed by atoms with Gasteiger partial charge >= 0.3 is 11.9 Å². The van der Waals surface area contributed by atoms with Crippen LogP contribution in [0.2, 0.25) is 5.02 Å². The molecule has 1 aliphatic heterocycles. The first-order valence-corrected chi connectivity index (χ1v) is 8.68. The molecular weight excluding hydrogens is 360 g/mol. The molecule has 144 valence electrons. The minimum atomic E-state index is -1.24. The van der Waals surface area contributed by atoms with Gasteiger partial charge in [-0.2, -0.15) is 0 Å². The first-order valence-electron chi connectivity index (χ1n) is 8.31. The zero-order valence-electron chi connectivity index (χ0n) is 15.9. The van der Waals surface area contributed by atoms with Crippen LogP contribution in [0.3, 0.4) is 0 Å². The Balaban J connectivity index is 2.53. The molecule has 7 heteroatoms. The molecule has 1 unspecified atom stereocenters. The number of methoxy groups -OCH3 is 2. The Bertz CT molecular complexity index is 635. The smallest absolute Gasteiger partial charge is 0.320 e. The molecule has 1 fully saturated rings. The summed E-state index contributed by atoms with van der Waals surface area (Å²) in [4.78, 5) is 24.8. The predicted octanol–water partition coefficient (Wildman–Crippen LogP) is 3.32. The van der Waals surface area contributed by atoms with E-state index in [9.17, 15) is 9.59 Å². The lowest BCUT2D eigenvalue weighted by Crippen LogP contribution is -2.41. The van der Waals surface area contributed by atoms with Gasteiger partial charge in [-0.1, -0.05) is 23.7 Å². The van der Waals surface area contributed by atoms with Crippen LogP contribution in [0, 0.1) is 5.92 Å². The van der Waals surface area contributed by atoms with Crippen LogP contribution in [-0.2, 0) is 28.5 Å². The van der Waals surface area contributed by atoms with Crippen molar-refractivity contribution in [1.82, 2.24) is 0 Å². The highest BCUT2D eigenvalue weighted by Crippen LogP contribution is 2.45. The zero-order chi connectivity index (χ0) is 19.7. The third-order valence-corrected chi connectivity index (χ3v) is 5.34. The molecule has 6 nitrogen and oxygen atoms in total. The molecule has 1 aromatic carbocycles. The standard InChI is InChI=1S/C19H25ClO6/c1-18(2)19(3,4)26-17(25-18)13(11-7-9-12(20)10-8-11)14(15(21)23-5)16(22)24-6/h7-10,13-14,17H,1-6H3. The third-order valence-electron chi connectivity index (χ3n) is 5.09. The van der Waals surface area contributed by atoms with E-state index in [1.54, 1.807) is 24.3 Å². The van der Waals surface area contributed by atoms with Crippen LogP contribution in [0.5, 0.6) is 0 Å². The Morgan fingerprint density at radius 1 is 0.962 bits per heavy atom. The quantitative estimate of drug-likeness (QED) is 0.573. The Morgan fingerprint density at radius 3 is 1.77 bits per heavy atom. The average Bonchev–Trinajstić information content (AvgIpc) is 2.79. The number of esters is 2. The summed E-state index contributed by atoms with van der Waals surface area (Å²) < 4.78 is 21.9. The Kier molecular flexibility index (Phi) is 6.00. The average molecular weight is 385 g/mol. The van der Waals surface area contributed by atoms with E-state index in [0.717, 1.165) is 0 Å². The molecule has 0 aromatic heterocycles. The molecule has 2 rings (SSSR count). The van der Waals surface area contributed by atoms with Crippen molar-refractivity contribution in [2.45, 2.75) is 51.1 Å². The molecule has 0 saturated carbocycles. The number of carbonyl (C=O) groups excluding carboxylic acids is 2. The third kappa shape index (κ3) is 3.87. The molecule has 1 saturated heterocycles. The van der Waals surface area contributed by atoms with Gasteiger partial charge < -0.3 is 18.9 Å². The van der Waals surface area contributed by atoms with E-state index < -0.39 is 41.3 Å². The summed E-state index contributed by atoms with van der Waals surface area (Å²) in [6.07, 6.45) is -0.843. The van der Waals surface area contributed by atoms with Crippen LogP contribution >= 0.6 is 11.6 Å². The second-order valence-electron chi connectivity index (χ2n) is 7.23. The maximum absolute atomic E-state index is 12.4. The molecule has 0 N–H and O–H groups in total. The molecule has 1 aromatic rings. The lowest BCUT2D eigenvalue weighted by Gasteiger charge is -2.30. The number of rotatable bonds is 5. The van der Waals surface area contributed by atoms with E-state index in [4.69, 9.17) is 30.5 Å². The molecule has 0 spiro atoms. The SMILES string of the molecule is COC(=O)C(C(=O)OC)C(c1ccc(Cl)cc1)C1OC(C)(C)C(C)(C)O1. The van der Waals surface area contributed by atoms with Gasteiger partial charge in [0.05, 0.1) is 31.3 Å². The highest BCUT2D eigenvalue weighted by molar-refractivity contribution is 6.30. The molecule has 1 aliphatic rings. The molecule has 26 heavy (non-hydrogen) atoms. The fourth-order valence-electron chi connectivity index (χ4n) is 2.87. The van der Waals surface area contributed by atoms with Gasteiger partial charge in [0.1, 0.15) is 0 Å². The van der Waals surface area contributed by atoms with E-state index in [0.29, 0.717) is 10.6 Å². The van der Waals surface area contributed by atoms with Crippen molar-refractivity contribution in [2.24, 2.45) is 5.92 Å². The number of halogens is 1. The molecule has 0 bridgehead atoms. The first kappa shape index (κ1) is 20.7. The number of hydrogen-bond acceptors (Lipinski definition) is 6. The molecule has 0 aliphatic carbocycles. The van der Waals surface area contributed by atoms with Crippen molar-refractivity contribution in [3.05, 3.63) is 34.9 Å². The maximum atomic E-state index is 12.4. The summed E-state index contributed by atoms with van der Waals surface area (Å²) in [5.74, 6) is -3.42.